The Hall–Kier alpha value is -3.09. The summed E-state index contributed by atoms with van der Waals surface area (Å²) in [6, 6.07) is 10.7. The summed E-state index contributed by atoms with van der Waals surface area (Å²) >= 11 is 0. The van der Waals surface area contributed by atoms with Crippen molar-refractivity contribution in [2.75, 3.05) is 20.8 Å². The molecule has 2 fully saturated rings. The first-order valence-electron chi connectivity index (χ1n) is 11.1. The van der Waals surface area contributed by atoms with Gasteiger partial charge < -0.3 is 19.3 Å². The molecular formula is C25H29FN2O4. The minimum absolute atomic E-state index is 0.0779. The van der Waals surface area contributed by atoms with Crippen LogP contribution in [0, 0.1) is 5.82 Å². The molecule has 2 amide bonds. The van der Waals surface area contributed by atoms with Gasteiger partial charge in [-0.15, -0.1) is 0 Å². The normalized spacial score (nSPS) is 19.9. The number of ether oxygens (including phenoxy) is 2. The molecule has 1 atom stereocenters. The van der Waals surface area contributed by atoms with E-state index in [0.29, 0.717) is 17.1 Å². The molecule has 0 spiro atoms. The van der Waals surface area contributed by atoms with Gasteiger partial charge in [-0.1, -0.05) is 37.5 Å². The zero-order valence-corrected chi connectivity index (χ0v) is 18.6. The van der Waals surface area contributed by atoms with Gasteiger partial charge in [-0.25, -0.2) is 4.39 Å². The van der Waals surface area contributed by atoms with E-state index in [0.717, 1.165) is 31.2 Å². The Morgan fingerprint density at radius 2 is 1.62 bits per heavy atom. The van der Waals surface area contributed by atoms with Crippen LogP contribution in [0.3, 0.4) is 0 Å². The molecule has 6 nitrogen and oxygen atoms in total. The molecule has 2 aromatic carbocycles. The maximum Gasteiger partial charge on any atom is 0.250 e. The molecular weight excluding hydrogens is 411 g/mol. The van der Waals surface area contributed by atoms with E-state index in [1.807, 2.05) is 0 Å². The molecule has 1 saturated heterocycles. The highest BCUT2D eigenvalue weighted by atomic mass is 19.1. The molecule has 2 aliphatic rings. The number of hydrogen-bond acceptors (Lipinski definition) is 4. The lowest BCUT2D eigenvalue weighted by Crippen LogP contribution is -2.58. The minimum Gasteiger partial charge on any atom is -0.493 e. The maximum atomic E-state index is 13.8. The van der Waals surface area contributed by atoms with Crippen LogP contribution in [-0.2, 0) is 16.1 Å². The quantitative estimate of drug-likeness (QED) is 0.679. The van der Waals surface area contributed by atoms with E-state index >= 15 is 0 Å². The van der Waals surface area contributed by atoms with Crippen LogP contribution >= 0.6 is 0 Å². The van der Waals surface area contributed by atoms with Gasteiger partial charge in [-0.05, 0) is 48.2 Å². The SMILES string of the molecule is COc1ccc([C@H]2C(=O)N(C3CCCCC3)CC(=O)N2Cc2ccc(F)cc2)cc1OC. The van der Waals surface area contributed by atoms with Crippen LogP contribution in [0.5, 0.6) is 11.5 Å². The van der Waals surface area contributed by atoms with Crippen LogP contribution in [-0.4, -0.2) is 48.4 Å². The van der Waals surface area contributed by atoms with Gasteiger partial charge >= 0.3 is 0 Å². The molecule has 7 heteroatoms. The zero-order valence-electron chi connectivity index (χ0n) is 18.6. The number of halogens is 1. The highest BCUT2D eigenvalue weighted by Gasteiger charge is 2.43. The Balaban J connectivity index is 1.71. The van der Waals surface area contributed by atoms with Gasteiger partial charge in [-0.3, -0.25) is 9.59 Å². The van der Waals surface area contributed by atoms with Crippen molar-refractivity contribution in [1.82, 2.24) is 9.80 Å². The minimum atomic E-state index is -0.775. The van der Waals surface area contributed by atoms with Crippen molar-refractivity contribution in [3.05, 3.63) is 59.4 Å². The third kappa shape index (κ3) is 4.42. The fourth-order valence-corrected chi connectivity index (χ4v) is 4.76. The van der Waals surface area contributed by atoms with Gasteiger partial charge in [0.15, 0.2) is 11.5 Å². The number of benzene rings is 2. The first kappa shape index (κ1) is 22.1. The Morgan fingerprint density at radius 1 is 0.938 bits per heavy atom. The fourth-order valence-electron chi connectivity index (χ4n) is 4.76. The van der Waals surface area contributed by atoms with Gasteiger partial charge in [0, 0.05) is 12.6 Å². The molecule has 0 N–H and O–H groups in total. The van der Waals surface area contributed by atoms with Crippen molar-refractivity contribution in [3.8, 4) is 11.5 Å². The smallest absolute Gasteiger partial charge is 0.250 e. The zero-order chi connectivity index (χ0) is 22.7. The Labute approximate surface area is 187 Å². The summed E-state index contributed by atoms with van der Waals surface area (Å²) in [4.78, 5) is 30.5. The Bertz CT molecular complexity index is 972. The summed E-state index contributed by atoms with van der Waals surface area (Å²) in [6.45, 7) is 0.302. The predicted octanol–water partition coefficient (Wildman–Crippen LogP) is 4.09. The molecule has 170 valence electrons. The van der Waals surface area contributed by atoms with Gasteiger partial charge in [0.1, 0.15) is 18.4 Å². The summed E-state index contributed by atoms with van der Waals surface area (Å²) in [5.74, 6) is 0.529. The number of carbonyl (C=O) groups is 2. The Morgan fingerprint density at radius 3 is 2.28 bits per heavy atom. The Kier molecular flexibility index (Phi) is 6.63. The second kappa shape index (κ2) is 9.59. The number of carbonyl (C=O) groups excluding carboxylic acids is 2. The van der Waals surface area contributed by atoms with Crippen LogP contribution in [0.4, 0.5) is 4.39 Å². The summed E-state index contributed by atoms with van der Waals surface area (Å²) in [6.07, 6.45) is 5.17. The molecule has 2 aromatic rings. The van der Waals surface area contributed by atoms with E-state index < -0.39 is 6.04 Å². The standard InChI is InChI=1S/C25H29FN2O4/c1-31-21-13-10-18(14-22(21)32-2)24-25(30)27(20-6-4-3-5-7-20)16-23(29)28(24)15-17-8-11-19(26)12-9-17/h8-14,20,24H,3-7,15-16H2,1-2H3/t24-/m0/s1. The van der Waals surface area contributed by atoms with Crippen molar-refractivity contribution < 1.29 is 23.5 Å². The van der Waals surface area contributed by atoms with Gasteiger partial charge in [0.05, 0.1) is 14.2 Å². The lowest BCUT2D eigenvalue weighted by Gasteiger charge is -2.44. The summed E-state index contributed by atoms with van der Waals surface area (Å²) in [7, 11) is 3.10. The average molecular weight is 441 g/mol. The topological polar surface area (TPSA) is 59.1 Å². The van der Waals surface area contributed by atoms with Crippen LogP contribution < -0.4 is 9.47 Å². The number of hydrogen-bond donors (Lipinski definition) is 0. The van der Waals surface area contributed by atoms with Crippen LogP contribution in [0.25, 0.3) is 0 Å². The van der Waals surface area contributed by atoms with Crippen LogP contribution in [0.1, 0.15) is 49.3 Å². The van der Waals surface area contributed by atoms with E-state index in [1.54, 1.807) is 54.4 Å². The molecule has 0 bridgehead atoms. The largest absolute Gasteiger partial charge is 0.493 e. The van der Waals surface area contributed by atoms with Crippen LogP contribution in [0.2, 0.25) is 0 Å². The van der Waals surface area contributed by atoms with Gasteiger partial charge in [0.2, 0.25) is 5.91 Å². The van der Waals surface area contributed by atoms with Crippen molar-refractivity contribution in [2.24, 2.45) is 0 Å². The maximum absolute atomic E-state index is 13.8. The molecule has 0 radical (unpaired) electrons. The van der Waals surface area contributed by atoms with E-state index in [4.69, 9.17) is 9.47 Å². The third-order valence-corrected chi connectivity index (χ3v) is 6.46. The molecule has 4 rings (SSSR count). The number of amides is 2. The second-order valence-corrected chi connectivity index (χ2v) is 8.42. The molecule has 32 heavy (non-hydrogen) atoms. The van der Waals surface area contributed by atoms with Crippen molar-refractivity contribution in [3.63, 3.8) is 0 Å². The van der Waals surface area contributed by atoms with E-state index in [1.165, 1.54) is 18.6 Å². The van der Waals surface area contributed by atoms with E-state index in [-0.39, 0.29) is 36.8 Å². The fraction of sp³-hybridized carbons (Fsp3) is 0.440. The summed E-state index contributed by atoms with van der Waals surface area (Å²) < 4.78 is 24.2. The predicted molar refractivity (Wildman–Crippen MR) is 118 cm³/mol. The molecule has 1 saturated carbocycles. The first-order chi connectivity index (χ1) is 15.5. The molecule has 0 aromatic heterocycles. The average Bonchev–Trinajstić information content (AvgIpc) is 2.82. The number of rotatable bonds is 6. The van der Waals surface area contributed by atoms with E-state index in [9.17, 15) is 14.0 Å². The molecule has 0 unspecified atom stereocenters. The lowest BCUT2D eigenvalue weighted by atomic mass is 9.91. The molecule has 1 aliphatic heterocycles. The van der Waals surface area contributed by atoms with Crippen LogP contribution in [0.15, 0.2) is 42.5 Å². The molecule has 1 heterocycles. The van der Waals surface area contributed by atoms with E-state index in [2.05, 4.69) is 0 Å². The van der Waals surface area contributed by atoms with Gasteiger partial charge in [-0.2, -0.15) is 0 Å². The monoisotopic (exact) mass is 440 g/mol. The van der Waals surface area contributed by atoms with Crippen molar-refractivity contribution in [2.45, 2.75) is 50.7 Å². The summed E-state index contributed by atoms with van der Waals surface area (Å²) in [5.41, 5.74) is 1.44. The number of nitrogens with zero attached hydrogens (tertiary/aromatic N) is 2. The van der Waals surface area contributed by atoms with Crippen molar-refractivity contribution in [1.29, 1.82) is 0 Å². The summed E-state index contributed by atoms with van der Waals surface area (Å²) in [5, 5.41) is 0. The van der Waals surface area contributed by atoms with Crippen molar-refractivity contribution >= 4 is 11.8 Å². The third-order valence-electron chi connectivity index (χ3n) is 6.46. The number of piperazine rings is 1. The highest BCUT2D eigenvalue weighted by Crippen LogP contribution is 2.37. The van der Waals surface area contributed by atoms with Gasteiger partial charge in [0.25, 0.3) is 5.91 Å². The lowest BCUT2D eigenvalue weighted by molar-refractivity contribution is -0.160. The number of methoxy groups -OCH3 is 2. The first-order valence-corrected chi connectivity index (χ1v) is 11.1. The highest BCUT2D eigenvalue weighted by molar-refractivity contribution is 5.96. The second-order valence-electron chi connectivity index (χ2n) is 8.42. The molecule has 1 aliphatic carbocycles.